The number of anilines is 2. The largest absolute Gasteiger partial charge is 0.454 e. The van der Waals surface area contributed by atoms with Gasteiger partial charge in [-0.3, -0.25) is 4.79 Å². The molecule has 0 fully saturated rings. The highest BCUT2D eigenvalue weighted by Crippen LogP contribution is 2.39. The molecule has 23 heavy (non-hydrogen) atoms. The average Bonchev–Trinajstić information content (AvgIpc) is 2.95. The van der Waals surface area contributed by atoms with Gasteiger partial charge in [0.25, 0.3) is 0 Å². The first-order valence-electron chi connectivity index (χ1n) is 6.48. The Labute approximate surface area is 150 Å². The Morgan fingerprint density at radius 2 is 2.00 bits per heavy atom. The maximum atomic E-state index is 12.4. The van der Waals surface area contributed by atoms with Gasteiger partial charge in [-0.05, 0) is 40.8 Å². The molecule has 1 aliphatic heterocycles. The summed E-state index contributed by atoms with van der Waals surface area (Å²) in [6, 6.07) is 9.49. The molecule has 8 heteroatoms. The lowest BCUT2D eigenvalue weighted by molar-refractivity contribution is -0.106. The number of halogens is 2. The van der Waals surface area contributed by atoms with Gasteiger partial charge in [0.1, 0.15) is 0 Å². The van der Waals surface area contributed by atoms with E-state index < -0.39 is 6.03 Å². The molecule has 0 aliphatic carbocycles. The molecule has 6 nitrogen and oxygen atoms in total. The molecule has 0 saturated carbocycles. The van der Waals surface area contributed by atoms with E-state index in [4.69, 9.17) is 21.1 Å². The molecule has 0 radical (unpaired) electrons. The lowest BCUT2D eigenvalue weighted by atomic mass is 10.2. The number of rotatable bonds is 3. The third-order valence-electron chi connectivity index (χ3n) is 3.11. The van der Waals surface area contributed by atoms with E-state index in [0.717, 1.165) is 8.47 Å². The molecule has 0 spiro atoms. The summed E-state index contributed by atoms with van der Waals surface area (Å²) in [5.41, 5.74) is 0.791. The number of hydrogen-bond donors (Lipinski definition) is 1. The standard InChI is InChI=1S/C15H10ClIN2O4/c16-11-5-13-14(23-8-22-13)6-12(11)18-15(21)19(7-20)10-3-1-2-9(17)4-10/h1-7H,8H2,(H,18,21). The van der Waals surface area contributed by atoms with Gasteiger partial charge in [0.05, 0.1) is 16.4 Å². The van der Waals surface area contributed by atoms with Gasteiger partial charge in [-0.25, -0.2) is 9.69 Å². The second-order valence-corrected chi connectivity index (χ2v) is 6.22. The predicted octanol–water partition coefficient (Wildman–Crippen LogP) is 3.87. The lowest BCUT2D eigenvalue weighted by Gasteiger charge is -2.17. The summed E-state index contributed by atoms with van der Waals surface area (Å²) >= 11 is 8.21. The van der Waals surface area contributed by atoms with E-state index in [1.165, 1.54) is 0 Å². The van der Waals surface area contributed by atoms with E-state index in [9.17, 15) is 9.59 Å². The Bertz CT molecular complexity index is 784. The molecule has 2 aromatic rings. The maximum absolute atomic E-state index is 12.4. The number of hydrogen-bond acceptors (Lipinski definition) is 4. The normalized spacial score (nSPS) is 11.9. The fourth-order valence-electron chi connectivity index (χ4n) is 2.04. The molecule has 1 N–H and O–H groups in total. The average molecular weight is 445 g/mol. The summed E-state index contributed by atoms with van der Waals surface area (Å²) in [7, 11) is 0. The van der Waals surface area contributed by atoms with Crippen LogP contribution in [0.2, 0.25) is 5.02 Å². The molecule has 2 aromatic carbocycles. The van der Waals surface area contributed by atoms with E-state index in [1.54, 1.807) is 30.3 Å². The lowest BCUT2D eigenvalue weighted by Crippen LogP contribution is -2.33. The van der Waals surface area contributed by atoms with Crippen LogP contribution >= 0.6 is 34.2 Å². The second-order valence-electron chi connectivity index (χ2n) is 4.57. The number of urea groups is 1. The SMILES string of the molecule is O=CN(C(=O)Nc1cc2c(cc1Cl)OCO2)c1cccc(I)c1. The number of imide groups is 1. The number of fused-ring (bicyclic) bond motifs is 1. The van der Waals surface area contributed by atoms with Crippen LogP contribution in [0.3, 0.4) is 0 Å². The van der Waals surface area contributed by atoms with Crippen LogP contribution in [0.15, 0.2) is 36.4 Å². The van der Waals surface area contributed by atoms with Gasteiger partial charge in [0, 0.05) is 15.7 Å². The summed E-state index contributed by atoms with van der Waals surface area (Å²) in [6.45, 7) is 0.103. The summed E-state index contributed by atoms with van der Waals surface area (Å²) in [5.74, 6) is 0.995. The van der Waals surface area contributed by atoms with Gasteiger partial charge < -0.3 is 14.8 Å². The van der Waals surface area contributed by atoms with Crippen molar-refractivity contribution in [3.8, 4) is 11.5 Å². The van der Waals surface area contributed by atoms with E-state index >= 15 is 0 Å². The quantitative estimate of drug-likeness (QED) is 0.576. The summed E-state index contributed by atoms with van der Waals surface area (Å²) in [4.78, 5) is 24.6. The molecular formula is C15H10ClIN2O4. The number of nitrogens with one attached hydrogen (secondary N) is 1. The van der Waals surface area contributed by atoms with E-state index in [2.05, 4.69) is 27.9 Å². The van der Waals surface area contributed by atoms with E-state index in [0.29, 0.717) is 29.3 Å². The molecule has 0 saturated heterocycles. The zero-order valence-electron chi connectivity index (χ0n) is 11.6. The minimum Gasteiger partial charge on any atom is -0.454 e. The molecule has 0 atom stereocenters. The van der Waals surface area contributed by atoms with Crippen molar-refractivity contribution in [2.24, 2.45) is 0 Å². The molecule has 3 amide bonds. The first-order chi connectivity index (χ1) is 11.1. The minimum atomic E-state index is -0.622. The monoisotopic (exact) mass is 444 g/mol. The highest BCUT2D eigenvalue weighted by molar-refractivity contribution is 14.1. The zero-order chi connectivity index (χ0) is 16.4. The van der Waals surface area contributed by atoms with Gasteiger partial charge in [0.15, 0.2) is 11.5 Å². The number of nitrogens with zero attached hydrogens (tertiary/aromatic N) is 1. The molecule has 1 heterocycles. The Hall–Kier alpha value is -2.00. The third kappa shape index (κ3) is 3.35. The first-order valence-corrected chi connectivity index (χ1v) is 7.94. The van der Waals surface area contributed by atoms with Crippen molar-refractivity contribution < 1.29 is 19.1 Å². The second kappa shape index (κ2) is 6.63. The van der Waals surface area contributed by atoms with Gasteiger partial charge in [-0.1, -0.05) is 17.7 Å². The van der Waals surface area contributed by atoms with Crippen molar-refractivity contribution in [2.45, 2.75) is 0 Å². The van der Waals surface area contributed by atoms with Crippen LogP contribution in [-0.2, 0) is 4.79 Å². The topological polar surface area (TPSA) is 67.9 Å². The smallest absolute Gasteiger partial charge is 0.333 e. The van der Waals surface area contributed by atoms with Crippen LogP contribution in [0, 0.1) is 3.57 Å². The Kier molecular flexibility index (Phi) is 4.58. The third-order valence-corrected chi connectivity index (χ3v) is 4.10. The maximum Gasteiger partial charge on any atom is 0.333 e. The van der Waals surface area contributed by atoms with Crippen LogP contribution in [0.5, 0.6) is 11.5 Å². The number of ether oxygens (including phenoxy) is 2. The van der Waals surface area contributed by atoms with Crippen molar-refractivity contribution in [3.63, 3.8) is 0 Å². The van der Waals surface area contributed by atoms with Crippen LogP contribution < -0.4 is 19.7 Å². The summed E-state index contributed by atoms with van der Waals surface area (Å²) in [5, 5.41) is 2.88. The molecular weight excluding hydrogens is 435 g/mol. The Morgan fingerprint density at radius 1 is 1.26 bits per heavy atom. The number of carbonyl (C=O) groups excluding carboxylic acids is 2. The fourth-order valence-corrected chi connectivity index (χ4v) is 2.77. The predicted molar refractivity (Wildman–Crippen MR) is 94.3 cm³/mol. The van der Waals surface area contributed by atoms with Crippen molar-refractivity contribution >= 4 is 58.0 Å². The van der Waals surface area contributed by atoms with Crippen molar-refractivity contribution in [1.82, 2.24) is 0 Å². The van der Waals surface area contributed by atoms with Gasteiger partial charge in [0.2, 0.25) is 13.2 Å². The molecule has 1 aliphatic rings. The van der Waals surface area contributed by atoms with E-state index in [1.807, 2.05) is 6.07 Å². The van der Waals surface area contributed by atoms with Gasteiger partial charge in [-0.15, -0.1) is 0 Å². The van der Waals surface area contributed by atoms with Crippen LogP contribution in [0.4, 0.5) is 16.2 Å². The van der Waals surface area contributed by atoms with Crippen molar-refractivity contribution in [1.29, 1.82) is 0 Å². The van der Waals surface area contributed by atoms with E-state index in [-0.39, 0.29) is 11.8 Å². The molecule has 0 bridgehead atoms. The zero-order valence-corrected chi connectivity index (χ0v) is 14.5. The molecule has 3 rings (SSSR count). The van der Waals surface area contributed by atoms with Crippen molar-refractivity contribution in [3.05, 3.63) is 45.0 Å². The van der Waals surface area contributed by atoms with Gasteiger partial charge >= 0.3 is 6.03 Å². The minimum absolute atomic E-state index is 0.103. The molecule has 118 valence electrons. The van der Waals surface area contributed by atoms with Gasteiger partial charge in [-0.2, -0.15) is 0 Å². The summed E-state index contributed by atoms with van der Waals surface area (Å²) in [6.07, 6.45) is 0.446. The highest BCUT2D eigenvalue weighted by atomic mass is 127. The number of amides is 3. The van der Waals surface area contributed by atoms with Crippen LogP contribution in [0.25, 0.3) is 0 Å². The Balaban J connectivity index is 1.84. The van der Waals surface area contributed by atoms with Crippen LogP contribution in [-0.4, -0.2) is 19.2 Å². The van der Waals surface area contributed by atoms with Crippen molar-refractivity contribution in [2.75, 3.05) is 17.0 Å². The fraction of sp³-hybridized carbons (Fsp3) is 0.0667. The number of benzene rings is 2. The Morgan fingerprint density at radius 3 is 2.70 bits per heavy atom. The molecule has 0 aromatic heterocycles. The first kappa shape index (κ1) is 15.9. The molecule has 0 unspecified atom stereocenters. The summed E-state index contributed by atoms with van der Waals surface area (Å²) < 4.78 is 11.4. The highest BCUT2D eigenvalue weighted by Gasteiger charge is 2.20. The van der Waals surface area contributed by atoms with Crippen LogP contribution in [0.1, 0.15) is 0 Å². The number of carbonyl (C=O) groups is 2.